The highest BCUT2D eigenvalue weighted by Crippen LogP contribution is 2.43. The third kappa shape index (κ3) is 6.44. The summed E-state index contributed by atoms with van der Waals surface area (Å²) in [5.74, 6) is -0.545. The monoisotopic (exact) mass is 666 g/mol. The number of amides is 2. The number of halogens is 1. The Morgan fingerprint density at radius 3 is 1.98 bits per heavy atom. The quantitative estimate of drug-likeness (QED) is 0.210. The van der Waals surface area contributed by atoms with E-state index in [4.69, 9.17) is 21.1 Å². The summed E-state index contributed by atoms with van der Waals surface area (Å²) in [6.07, 6.45) is 0.159. The molecule has 3 aliphatic heterocycles. The number of imide groups is 1. The highest BCUT2D eigenvalue weighted by molar-refractivity contribution is 6.30. The molecule has 8 nitrogen and oxygen atoms in total. The molecule has 0 radical (unpaired) electrons. The van der Waals surface area contributed by atoms with Gasteiger partial charge in [-0.1, -0.05) is 91.3 Å². The lowest BCUT2D eigenvalue weighted by atomic mass is 9.84. The number of nitrogens with zero attached hydrogens (tertiary/aromatic N) is 2. The molecule has 4 aromatic carbocycles. The van der Waals surface area contributed by atoms with Crippen LogP contribution in [0.3, 0.4) is 0 Å². The van der Waals surface area contributed by atoms with Crippen LogP contribution in [-0.2, 0) is 28.2 Å². The first-order valence-corrected chi connectivity index (χ1v) is 16.9. The molecule has 48 heavy (non-hydrogen) atoms. The number of rotatable bonds is 8. The van der Waals surface area contributed by atoms with Gasteiger partial charge in [0.25, 0.3) is 11.8 Å². The molecule has 2 N–H and O–H groups in total. The van der Waals surface area contributed by atoms with E-state index in [9.17, 15) is 19.8 Å². The average Bonchev–Trinajstić information content (AvgIpc) is 3.35. The van der Waals surface area contributed by atoms with Gasteiger partial charge in [-0.2, -0.15) is 0 Å². The van der Waals surface area contributed by atoms with Gasteiger partial charge in [-0.15, -0.1) is 0 Å². The van der Waals surface area contributed by atoms with Crippen LogP contribution in [-0.4, -0.2) is 57.6 Å². The summed E-state index contributed by atoms with van der Waals surface area (Å²) < 4.78 is 13.3. The maximum absolute atomic E-state index is 12.9. The van der Waals surface area contributed by atoms with Gasteiger partial charge in [-0.25, -0.2) is 0 Å². The van der Waals surface area contributed by atoms with Gasteiger partial charge >= 0.3 is 0 Å². The number of hydrogen-bond donors (Lipinski definition) is 2. The lowest BCUT2D eigenvalue weighted by Crippen LogP contribution is -2.49. The maximum Gasteiger partial charge on any atom is 0.261 e. The van der Waals surface area contributed by atoms with Crippen LogP contribution in [0.5, 0.6) is 0 Å². The van der Waals surface area contributed by atoms with Crippen molar-refractivity contribution in [2.24, 2.45) is 5.92 Å². The topological polar surface area (TPSA) is 99.5 Å². The molecule has 0 bridgehead atoms. The molecule has 3 aliphatic rings. The lowest BCUT2D eigenvalue weighted by Gasteiger charge is -2.45. The van der Waals surface area contributed by atoms with E-state index >= 15 is 0 Å². The Labute approximate surface area is 285 Å². The zero-order valence-electron chi connectivity index (χ0n) is 26.8. The molecule has 3 heterocycles. The van der Waals surface area contributed by atoms with Gasteiger partial charge in [0.2, 0.25) is 0 Å². The molecule has 2 fully saturated rings. The molecule has 4 aromatic rings. The third-order valence-electron chi connectivity index (χ3n) is 10.1. The van der Waals surface area contributed by atoms with E-state index in [1.54, 1.807) is 24.3 Å². The summed E-state index contributed by atoms with van der Waals surface area (Å²) in [7, 11) is 0. The van der Waals surface area contributed by atoms with Gasteiger partial charge < -0.3 is 24.6 Å². The fourth-order valence-corrected chi connectivity index (χ4v) is 7.21. The standard InChI is InChI=1S/C39H39ClN2O6/c1-25-34(23-41-20-18-39(46,19-21-41)30-14-16-31(40)17-15-30)47-38(48-35(25)28-10-8-27(24-43)9-11-28)29-12-6-26(7-13-29)22-42-36(44)32-4-2-3-5-33(32)37(42)45/h2-17,25,34-35,38,43,46H,18-24H2,1H3/t25-,34+,35+,38+/m0/s1. The minimum atomic E-state index is -0.891. The van der Waals surface area contributed by atoms with Crippen LogP contribution in [0.15, 0.2) is 97.1 Å². The number of fused-ring (bicyclic) bond motifs is 1. The molecule has 0 spiro atoms. The average molecular weight is 667 g/mol. The van der Waals surface area contributed by atoms with Crippen molar-refractivity contribution < 1.29 is 29.3 Å². The largest absolute Gasteiger partial charge is 0.392 e. The fourth-order valence-electron chi connectivity index (χ4n) is 7.08. The van der Waals surface area contributed by atoms with Gasteiger partial charge in [0, 0.05) is 36.1 Å². The van der Waals surface area contributed by atoms with E-state index in [0.717, 1.165) is 40.9 Å². The highest BCUT2D eigenvalue weighted by atomic mass is 35.5. The summed E-state index contributed by atoms with van der Waals surface area (Å²) in [4.78, 5) is 29.5. The van der Waals surface area contributed by atoms with Crippen LogP contribution in [0, 0.1) is 5.92 Å². The zero-order chi connectivity index (χ0) is 33.4. The first kappa shape index (κ1) is 32.6. The number of hydrogen-bond acceptors (Lipinski definition) is 7. The zero-order valence-corrected chi connectivity index (χ0v) is 27.6. The number of likely N-dealkylation sites (tertiary alicyclic amines) is 1. The van der Waals surface area contributed by atoms with Crippen molar-refractivity contribution in [2.75, 3.05) is 19.6 Å². The molecule has 0 saturated carbocycles. The number of carbonyl (C=O) groups excluding carboxylic acids is 2. The summed E-state index contributed by atoms with van der Waals surface area (Å²) in [5.41, 5.74) is 4.38. The van der Waals surface area contributed by atoms with Crippen molar-refractivity contribution in [3.8, 4) is 0 Å². The maximum atomic E-state index is 12.9. The normalized spacial score (nSPS) is 24.1. The molecule has 0 unspecified atom stereocenters. The van der Waals surface area contributed by atoms with Gasteiger partial charge in [-0.3, -0.25) is 14.5 Å². The molecule has 2 saturated heterocycles. The number of piperidine rings is 1. The van der Waals surface area contributed by atoms with E-state index in [1.165, 1.54) is 4.90 Å². The summed E-state index contributed by atoms with van der Waals surface area (Å²) in [6.45, 7) is 4.42. The Hall–Kier alpha value is -3.89. The van der Waals surface area contributed by atoms with Crippen molar-refractivity contribution >= 4 is 23.4 Å². The second-order valence-corrected chi connectivity index (χ2v) is 13.6. The van der Waals surface area contributed by atoms with Crippen molar-refractivity contribution in [1.29, 1.82) is 0 Å². The molecule has 248 valence electrons. The van der Waals surface area contributed by atoms with Crippen LogP contribution in [0.4, 0.5) is 0 Å². The van der Waals surface area contributed by atoms with Crippen LogP contribution in [0.25, 0.3) is 0 Å². The highest BCUT2D eigenvalue weighted by Gasteiger charge is 2.41. The molecular weight excluding hydrogens is 628 g/mol. The molecule has 7 rings (SSSR count). The van der Waals surface area contributed by atoms with Crippen LogP contribution in [0.1, 0.15) is 80.7 Å². The predicted molar refractivity (Wildman–Crippen MR) is 181 cm³/mol. The number of benzene rings is 4. The Balaban J connectivity index is 1.07. The predicted octanol–water partition coefficient (Wildman–Crippen LogP) is 6.40. The fraction of sp³-hybridized carbons (Fsp3) is 0.333. The van der Waals surface area contributed by atoms with Crippen LogP contribution >= 0.6 is 11.6 Å². The SMILES string of the molecule is C[C@H]1[C@@H](CN2CCC(O)(c3ccc(Cl)cc3)CC2)O[C@@H](c2ccc(CN3C(=O)c4ccccc4C3=O)cc2)O[C@H]1c1ccc(CO)cc1. The van der Waals surface area contributed by atoms with Crippen molar-refractivity contribution in [3.63, 3.8) is 0 Å². The summed E-state index contributed by atoms with van der Waals surface area (Å²) >= 11 is 6.09. The molecule has 4 atom stereocenters. The molecular formula is C39H39ClN2O6. The lowest BCUT2D eigenvalue weighted by molar-refractivity contribution is -0.277. The molecule has 9 heteroatoms. The Kier molecular flexibility index (Phi) is 9.22. The minimum Gasteiger partial charge on any atom is -0.392 e. The number of carbonyl (C=O) groups is 2. The molecule has 2 amide bonds. The third-order valence-corrected chi connectivity index (χ3v) is 10.3. The van der Waals surface area contributed by atoms with E-state index in [2.05, 4.69) is 11.8 Å². The number of ether oxygens (including phenoxy) is 2. The summed E-state index contributed by atoms with van der Waals surface area (Å²) in [5, 5.41) is 21.7. The first-order valence-electron chi connectivity index (χ1n) is 16.5. The van der Waals surface area contributed by atoms with E-state index in [0.29, 0.717) is 35.5 Å². The van der Waals surface area contributed by atoms with Gasteiger partial charge in [0.1, 0.15) is 0 Å². The van der Waals surface area contributed by atoms with Gasteiger partial charge in [0.15, 0.2) is 6.29 Å². The first-order chi connectivity index (χ1) is 23.2. The smallest absolute Gasteiger partial charge is 0.261 e. The molecule has 0 aliphatic carbocycles. The van der Waals surface area contributed by atoms with Gasteiger partial charge in [0.05, 0.1) is 42.1 Å². The number of aliphatic hydroxyl groups is 2. The van der Waals surface area contributed by atoms with Crippen molar-refractivity contribution in [3.05, 3.63) is 141 Å². The summed E-state index contributed by atoms with van der Waals surface area (Å²) in [6, 6.07) is 29.9. The Morgan fingerprint density at radius 1 is 0.792 bits per heavy atom. The second-order valence-electron chi connectivity index (χ2n) is 13.1. The van der Waals surface area contributed by atoms with E-state index in [1.807, 2.05) is 72.8 Å². The number of aliphatic hydroxyl groups excluding tert-OH is 1. The van der Waals surface area contributed by atoms with E-state index in [-0.39, 0.29) is 43.1 Å². The van der Waals surface area contributed by atoms with Gasteiger partial charge in [-0.05, 0) is 59.4 Å². The van der Waals surface area contributed by atoms with Crippen LogP contribution in [0.2, 0.25) is 5.02 Å². The van der Waals surface area contributed by atoms with Crippen molar-refractivity contribution in [1.82, 2.24) is 9.80 Å². The van der Waals surface area contributed by atoms with Crippen molar-refractivity contribution in [2.45, 2.75) is 57.0 Å². The Morgan fingerprint density at radius 2 is 1.38 bits per heavy atom. The molecule has 0 aromatic heterocycles. The van der Waals surface area contributed by atoms with Crippen LogP contribution < -0.4 is 0 Å². The second kappa shape index (κ2) is 13.6. The van der Waals surface area contributed by atoms with E-state index < -0.39 is 11.9 Å². The minimum absolute atomic E-state index is 0.0198. The Bertz CT molecular complexity index is 1730.